The zero-order valence-corrected chi connectivity index (χ0v) is 9.02. The van der Waals surface area contributed by atoms with Crippen LogP contribution in [0.15, 0.2) is 0 Å². The monoisotopic (exact) mass is 191 g/mol. The van der Waals surface area contributed by atoms with Crippen LogP contribution >= 0.6 is 0 Å². The molecule has 1 aliphatic carbocycles. The van der Waals surface area contributed by atoms with Crippen LogP contribution in [0.1, 0.15) is 51.4 Å². The van der Waals surface area contributed by atoms with Gasteiger partial charge in [0.15, 0.2) is 0 Å². The van der Waals surface area contributed by atoms with E-state index < -0.39 is 0 Å². The lowest BCUT2D eigenvalue weighted by atomic mass is 9.84. The van der Waals surface area contributed by atoms with Crippen molar-refractivity contribution in [1.29, 1.82) is 0 Å². The molecule has 2 rings (SSSR count). The lowest BCUT2D eigenvalue weighted by Crippen LogP contribution is -2.46. The van der Waals surface area contributed by atoms with Gasteiger partial charge in [0.25, 0.3) is 0 Å². The SMILES string of the molecule is C#CCCC1(C2CC2)CCCCCN1. The minimum atomic E-state index is 0.433. The molecule has 0 bridgehead atoms. The Hall–Kier alpha value is -0.480. The summed E-state index contributed by atoms with van der Waals surface area (Å²) in [7, 11) is 0. The van der Waals surface area contributed by atoms with Crippen LogP contribution in [-0.2, 0) is 0 Å². The van der Waals surface area contributed by atoms with Crippen molar-refractivity contribution in [2.75, 3.05) is 6.54 Å². The van der Waals surface area contributed by atoms with Crippen molar-refractivity contribution in [2.45, 2.75) is 56.9 Å². The van der Waals surface area contributed by atoms with Gasteiger partial charge in [0.1, 0.15) is 0 Å². The lowest BCUT2D eigenvalue weighted by Gasteiger charge is -2.34. The number of terminal acetylenes is 1. The van der Waals surface area contributed by atoms with Gasteiger partial charge in [-0.15, -0.1) is 12.3 Å². The predicted molar refractivity (Wildman–Crippen MR) is 60.0 cm³/mol. The highest BCUT2D eigenvalue weighted by molar-refractivity contribution is 5.03. The maximum absolute atomic E-state index is 5.39. The third-order valence-corrected chi connectivity index (χ3v) is 3.85. The topological polar surface area (TPSA) is 12.0 Å². The number of hydrogen-bond donors (Lipinski definition) is 1. The van der Waals surface area contributed by atoms with Crippen molar-refractivity contribution >= 4 is 0 Å². The molecule has 1 heterocycles. The van der Waals surface area contributed by atoms with Crippen LogP contribution in [0.3, 0.4) is 0 Å². The minimum absolute atomic E-state index is 0.433. The smallest absolute Gasteiger partial charge is 0.0218 e. The van der Waals surface area contributed by atoms with Gasteiger partial charge in [0.05, 0.1) is 0 Å². The van der Waals surface area contributed by atoms with Crippen LogP contribution in [0.25, 0.3) is 0 Å². The van der Waals surface area contributed by atoms with Crippen molar-refractivity contribution in [2.24, 2.45) is 5.92 Å². The average molecular weight is 191 g/mol. The maximum atomic E-state index is 5.39. The molecule has 1 saturated carbocycles. The van der Waals surface area contributed by atoms with Gasteiger partial charge in [-0.1, -0.05) is 12.8 Å². The summed E-state index contributed by atoms with van der Waals surface area (Å²) in [6.07, 6.45) is 15.9. The zero-order valence-electron chi connectivity index (χ0n) is 9.02. The van der Waals surface area contributed by atoms with E-state index in [9.17, 15) is 0 Å². The molecule has 1 heteroatoms. The summed E-state index contributed by atoms with van der Waals surface area (Å²) in [4.78, 5) is 0. The molecular formula is C13H21N. The minimum Gasteiger partial charge on any atom is -0.311 e. The molecular weight excluding hydrogens is 170 g/mol. The first-order valence-electron chi connectivity index (χ1n) is 6.06. The van der Waals surface area contributed by atoms with E-state index in [-0.39, 0.29) is 0 Å². The summed E-state index contributed by atoms with van der Waals surface area (Å²) in [6, 6.07) is 0. The molecule has 0 aromatic heterocycles. The maximum Gasteiger partial charge on any atom is 0.0218 e. The molecule has 1 N–H and O–H groups in total. The largest absolute Gasteiger partial charge is 0.311 e. The first-order valence-corrected chi connectivity index (χ1v) is 6.06. The summed E-state index contributed by atoms with van der Waals surface area (Å²) >= 11 is 0. The van der Waals surface area contributed by atoms with E-state index in [0.717, 1.165) is 12.3 Å². The molecule has 78 valence electrons. The van der Waals surface area contributed by atoms with Gasteiger partial charge in [-0.3, -0.25) is 0 Å². The van der Waals surface area contributed by atoms with Crippen LogP contribution in [0.4, 0.5) is 0 Å². The number of nitrogens with one attached hydrogen (secondary N) is 1. The van der Waals surface area contributed by atoms with E-state index in [4.69, 9.17) is 6.42 Å². The van der Waals surface area contributed by atoms with Crippen molar-refractivity contribution < 1.29 is 0 Å². The second kappa shape index (κ2) is 4.36. The Labute approximate surface area is 87.7 Å². The normalized spacial score (nSPS) is 33.4. The van der Waals surface area contributed by atoms with Crippen molar-refractivity contribution in [1.82, 2.24) is 5.32 Å². The van der Waals surface area contributed by atoms with E-state index in [1.54, 1.807) is 0 Å². The van der Waals surface area contributed by atoms with Gasteiger partial charge in [0.2, 0.25) is 0 Å². The first-order chi connectivity index (χ1) is 6.87. The van der Waals surface area contributed by atoms with Crippen molar-refractivity contribution in [3.05, 3.63) is 0 Å². The zero-order chi connectivity index (χ0) is 9.86. The van der Waals surface area contributed by atoms with Crippen LogP contribution in [0.2, 0.25) is 0 Å². The van der Waals surface area contributed by atoms with Crippen molar-refractivity contribution in [3.8, 4) is 12.3 Å². The fourth-order valence-electron chi connectivity index (χ4n) is 2.87. The summed E-state index contributed by atoms with van der Waals surface area (Å²) in [5.74, 6) is 3.74. The summed E-state index contributed by atoms with van der Waals surface area (Å²) in [5.41, 5.74) is 0.433. The van der Waals surface area contributed by atoms with Gasteiger partial charge < -0.3 is 5.32 Å². The van der Waals surface area contributed by atoms with Gasteiger partial charge >= 0.3 is 0 Å². The Morgan fingerprint density at radius 2 is 2.14 bits per heavy atom. The summed E-state index contributed by atoms with van der Waals surface area (Å²) in [5, 5.41) is 3.80. The van der Waals surface area contributed by atoms with Gasteiger partial charge in [0, 0.05) is 12.0 Å². The van der Waals surface area contributed by atoms with Gasteiger partial charge in [-0.25, -0.2) is 0 Å². The molecule has 0 amide bonds. The molecule has 0 spiro atoms. The molecule has 14 heavy (non-hydrogen) atoms. The van der Waals surface area contributed by atoms with Gasteiger partial charge in [-0.2, -0.15) is 0 Å². The molecule has 0 aromatic carbocycles. The second-order valence-corrected chi connectivity index (χ2v) is 4.87. The molecule has 0 radical (unpaired) electrons. The van der Waals surface area contributed by atoms with E-state index in [0.29, 0.717) is 5.54 Å². The highest BCUT2D eigenvalue weighted by atomic mass is 15.0. The molecule has 1 aliphatic heterocycles. The van der Waals surface area contributed by atoms with Crippen LogP contribution in [-0.4, -0.2) is 12.1 Å². The molecule has 1 unspecified atom stereocenters. The molecule has 0 aromatic rings. The van der Waals surface area contributed by atoms with E-state index in [1.165, 1.54) is 51.5 Å². The predicted octanol–water partition coefficient (Wildman–Crippen LogP) is 2.71. The number of rotatable bonds is 3. The Morgan fingerprint density at radius 3 is 2.86 bits per heavy atom. The van der Waals surface area contributed by atoms with E-state index in [2.05, 4.69) is 11.2 Å². The first kappa shape index (κ1) is 10.1. The van der Waals surface area contributed by atoms with Crippen LogP contribution in [0, 0.1) is 18.3 Å². The molecule has 1 nitrogen and oxygen atoms in total. The Morgan fingerprint density at radius 1 is 1.29 bits per heavy atom. The Bertz CT molecular complexity index is 214. The third kappa shape index (κ3) is 2.12. The molecule has 2 fully saturated rings. The Kier molecular flexibility index (Phi) is 3.13. The fraction of sp³-hybridized carbons (Fsp3) is 0.846. The molecule has 1 saturated heterocycles. The standard InChI is InChI=1S/C13H21N/c1-2-3-9-13(12-7-8-12)10-5-4-6-11-14-13/h1,12,14H,3-11H2. The average Bonchev–Trinajstić information content (AvgIpc) is 3.01. The van der Waals surface area contributed by atoms with E-state index in [1.807, 2.05) is 0 Å². The summed E-state index contributed by atoms with van der Waals surface area (Å²) in [6.45, 7) is 1.21. The lowest BCUT2D eigenvalue weighted by molar-refractivity contribution is 0.256. The quantitative estimate of drug-likeness (QED) is 0.676. The highest BCUT2D eigenvalue weighted by Crippen LogP contribution is 2.45. The van der Waals surface area contributed by atoms with Gasteiger partial charge in [-0.05, 0) is 44.6 Å². The van der Waals surface area contributed by atoms with E-state index >= 15 is 0 Å². The van der Waals surface area contributed by atoms with Crippen molar-refractivity contribution in [3.63, 3.8) is 0 Å². The summed E-state index contributed by atoms with van der Waals surface area (Å²) < 4.78 is 0. The van der Waals surface area contributed by atoms with Crippen LogP contribution in [0.5, 0.6) is 0 Å². The third-order valence-electron chi connectivity index (χ3n) is 3.85. The highest BCUT2D eigenvalue weighted by Gasteiger charge is 2.44. The van der Waals surface area contributed by atoms with Crippen LogP contribution < -0.4 is 5.32 Å². The molecule has 1 atom stereocenters. The number of hydrogen-bond acceptors (Lipinski definition) is 1. The molecule has 2 aliphatic rings. The Balaban J connectivity index is 1.99. The fourth-order valence-corrected chi connectivity index (χ4v) is 2.87. The second-order valence-electron chi connectivity index (χ2n) is 4.87.